The molecule has 0 radical (unpaired) electrons. The lowest BCUT2D eigenvalue weighted by Gasteiger charge is -2.08. The van der Waals surface area contributed by atoms with Crippen LogP contribution in [0.3, 0.4) is 0 Å². The summed E-state index contributed by atoms with van der Waals surface area (Å²) in [6.07, 6.45) is 3.91. The van der Waals surface area contributed by atoms with Crippen LogP contribution in [0.15, 0.2) is 24.4 Å². The van der Waals surface area contributed by atoms with Gasteiger partial charge in [-0.15, -0.1) is 0 Å². The molecule has 0 aromatic carbocycles. The van der Waals surface area contributed by atoms with Gasteiger partial charge in [-0.2, -0.15) is 9.78 Å². The molecule has 20 heavy (non-hydrogen) atoms. The molecule has 0 atom stereocenters. The molecule has 2 heterocycles. The molecule has 1 N–H and O–H groups in total. The second-order valence-electron chi connectivity index (χ2n) is 5.65. The van der Waals surface area contributed by atoms with Gasteiger partial charge >= 0.3 is 0 Å². The highest BCUT2D eigenvalue weighted by Gasteiger charge is 2.11. The van der Waals surface area contributed by atoms with Crippen molar-refractivity contribution in [1.29, 1.82) is 0 Å². The zero-order valence-corrected chi connectivity index (χ0v) is 12.8. The zero-order chi connectivity index (χ0) is 14.5. The van der Waals surface area contributed by atoms with E-state index in [1.165, 1.54) is 5.56 Å². The quantitative estimate of drug-likeness (QED) is 0.873. The van der Waals surface area contributed by atoms with E-state index in [4.69, 9.17) is 5.10 Å². The zero-order valence-electron chi connectivity index (χ0n) is 12.8. The summed E-state index contributed by atoms with van der Waals surface area (Å²) in [7, 11) is 0. The average molecular weight is 272 g/mol. The molecule has 0 spiro atoms. The fourth-order valence-corrected chi connectivity index (χ4v) is 2.14. The van der Waals surface area contributed by atoms with Crippen LogP contribution in [0.2, 0.25) is 0 Å². The highest BCUT2D eigenvalue weighted by Crippen LogP contribution is 2.18. The van der Waals surface area contributed by atoms with Gasteiger partial charge in [-0.1, -0.05) is 20.8 Å². The molecule has 0 aliphatic carbocycles. The van der Waals surface area contributed by atoms with E-state index < -0.39 is 0 Å². The second kappa shape index (κ2) is 6.55. The Balaban J connectivity index is 2.35. The molecule has 0 aliphatic heterocycles. The molecule has 0 aliphatic rings. The summed E-state index contributed by atoms with van der Waals surface area (Å²) in [4.78, 5) is 4.43. The van der Waals surface area contributed by atoms with Crippen LogP contribution in [0.1, 0.15) is 38.4 Å². The molecule has 0 fully saturated rings. The first-order chi connectivity index (χ1) is 9.60. The number of aryl methyl sites for hydroxylation is 1. The van der Waals surface area contributed by atoms with Crippen LogP contribution in [0.5, 0.6) is 0 Å². The Morgan fingerprint density at radius 3 is 2.75 bits per heavy atom. The molecule has 0 bridgehead atoms. The third-order valence-electron chi connectivity index (χ3n) is 3.05. The Morgan fingerprint density at radius 2 is 2.10 bits per heavy atom. The first-order valence-corrected chi connectivity index (χ1v) is 7.36. The topological polar surface area (TPSA) is 42.7 Å². The second-order valence-corrected chi connectivity index (χ2v) is 5.65. The maximum absolute atomic E-state index is 4.71. The van der Waals surface area contributed by atoms with Crippen molar-refractivity contribution in [3.8, 4) is 5.82 Å². The van der Waals surface area contributed by atoms with Crippen LogP contribution in [0.4, 0.5) is 5.82 Å². The lowest BCUT2D eigenvalue weighted by molar-refractivity contribution is 0.627. The fourth-order valence-electron chi connectivity index (χ4n) is 2.14. The molecular weight excluding hydrogens is 248 g/mol. The Bertz CT molecular complexity index is 557. The summed E-state index contributed by atoms with van der Waals surface area (Å²) in [6, 6.07) is 6.20. The SMILES string of the molecule is CCCNc1cc(CC(C)C)nn1-c1cc(C)ccn1. The van der Waals surface area contributed by atoms with E-state index in [-0.39, 0.29) is 0 Å². The summed E-state index contributed by atoms with van der Waals surface area (Å²) < 4.78 is 1.92. The van der Waals surface area contributed by atoms with Gasteiger partial charge in [0.1, 0.15) is 5.82 Å². The molecule has 0 unspecified atom stereocenters. The third-order valence-corrected chi connectivity index (χ3v) is 3.05. The molecule has 2 rings (SSSR count). The summed E-state index contributed by atoms with van der Waals surface area (Å²) in [5.74, 6) is 2.50. The standard InChI is InChI=1S/C16H24N4/c1-5-7-17-16-11-14(9-12(2)3)19-20(16)15-10-13(4)6-8-18-15/h6,8,10-12,17H,5,7,9H2,1-4H3. The van der Waals surface area contributed by atoms with Crippen LogP contribution in [0, 0.1) is 12.8 Å². The maximum atomic E-state index is 4.71. The lowest BCUT2D eigenvalue weighted by Crippen LogP contribution is -2.08. The predicted molar refractivity (Wildman–Crippen MR) is 83.4 cm³/mol. The van der Waals surface area contributed by atoms with Crippen LogP contribution < -0.4 is 5.32 Å². The number of rotatable bonds is 6. The van der Waals surface area contributed by atoms with Gasteiger partial charge in [-0.05, 0) is 43.4 Å². The predicted octanol–water partition coefficient (Wildman–Crippen LogP) is 3.60. The van der Waals surface area contributed by atoms with Crippen molar-refractivity contribution in [1.82, 2.24) is 14.8 Å². The van der Waals surface area contributed by atoms with Crippen LogP contribution in [-0.4, -0.2) is 21.3 Å². The number of nitrogens with one attached hydrogen (secondary N) is 1. The number of anilines is 1. The van der Waals surface area contributed by atoms with Gasteiger partial charge < -0.3 is 5.32 Å². The first kappa shape index (κ1) is 14.6. The van der Waals surface area contributed by atoms with E-state index >= 15 is 0 Å². The van der Waals surface area contributed by atoms with Crippen LogP contribution in [-0.2, 0) is 6.42 Å². The molecule has 2 aromatic rings. The summed E-state index contributed by atoms with van der Waals surface area (Å²) in [6.45, 7) is 9.60. The largest absolute Gasteiger partial charge is 0.370 e. The van der Waals surface area contributed by atoms with Crippen molar-refractivity contribution in [2.75, 3.05) is 11.9 Å². The number of nitrogens with zero attached hydrogens (tertiary/aromatic N) is 3. The van der Waals surface area contributed by atoms with Crippen molar-refractivity contribution in [2.24, 2.45) is 5.92 Å². The molecule has 108 valence electrons. The van der Waals surface area contributed by atoms with Crippen molar-refractivity contribution < 1.29 is 0 Å². The Kier molecular flexibility index (Phi) is 4.77. The van der Waals surface area contributed by atoms with E-state index in [1.807, 2.05) is 16.9 Å². The number of hydrogen-bond donors (Lipinski definition) is 1. The van der Waals surface area contributed by atoms with Crippen LogP contribution in [0.25, 0.3) is 5.82 Å². The van der Waals surface area contributed by atoms with Gasteiger partial charge in [0.15, 0.2) is 5.82 Å². The van der Waals surface area contributed by atoms with E-state index in [1.54, 1.807) is 0 Å². The molecule has 0 amide bonds. The molecule has 2 aromatic heterocycles. The monoisotopic (exact) mass is 272 g/mol. The van der Waals surface area contributed by atoms with Gasteiger partial charge in [-0.3, -0.25) is 0 Å². The van der Waals surface area contributed by atoms with Gasteiger partial charge in [0, 0.05) is 18.8 Å². The fraction of sp³-hybridized carbons (Fsp3) is 0.500. The normalized spacial score (nSPS) is 11.1. The molecule has 0 saturated heterocycles. The summed E-state index contributed by atoms with van der Waals surface area (Å²) in [5.41, 5.74) is 2.30. The third kappa shape index (κ3) is 3.59. The smallest absolute Gasteiger partial charge is 0.155 e. The Morgan fingerprint density at radius 1 is 1.30 bits per heavy atom. The van der Waals surface area contributed by atoms with Gasteiger partial charge in [0.2, 0.25) is 0 Å². The van der Waals surface area contributed by atoms with E-state index in [0.29, 0.717) is 5.92 Å². The maximum Gasteiger partial charge on any atom is 0.155 e. The molecule has 4 heteroatoms. The number of aromatic nitrogens is 3. The van der Waals surface area contributed by atoms with Crippen molar-refractivity contribution in [3.05, 3.63) is 35.7 Å². The van der Waals surface area contributed by atoms with Crippen molar-refractivity contribution in [2.45, 2.75) is 40.5 Å². The molecule has 4 nitrogen and oxygen atoms in total. The van der Waals surface area contributed by atoms with E-state index in [2.05, 4.69) is 50.1 Å². The number of pyridine rings is 1. The van der Waals surface area contributed by atoms with E-state index in [9.17, 15) is 0 Å². The molecular formula is C16H24N4. The summed E-state index contributed by atoms with van der Waals surface area (Å²) in [5, 5.41) is 8.14. The van der Waals surface area contributed by atoms with Gasteiger partial charge in [-0.25, -0.2) is 4.98 Å². The highest BCUT2D eigenvalue weighted by molar-refractivity contribution is 5.44. The first-order valence-electron chi connectivity index (χ1n) is 7.36. The van der Waals surface area contributed by atoms with Crippen LogP contribution >= 0.6 is 0 Å². The Labute approximate surface area is 121 Å². The van der Waals surface area contributed by atoms with E-state index in [0.717, 1.165) is 36.7 Å². The van der Waals surface area contributed by atoms with Gasteiger partial charge in [0.05, 0.1) is 5.69 Å². The van der Waals surface area contributed by atoms with Gasteiger partial charge in [0.25, 0.3) is 0 Å². The minimum Gasteiger partial charge on any atom is -0.370 e. The minimum atomic E-state index is 0.600. The lowest BCUT2D eigenvalue weighted by atomic mass is 10.1. The molecule has 0 saturated carbocycles. The number of hydrogen-bond acceptors (Lipinski definition) is 3. The van der Waals surface area contributed by atoms with Crippen molar-refractivity contribution in [3.63, 3.8) is 0 Å². The Hall–Kier alpha value is -1.84. The highest BCUT2D eigenvalue weighted by atomic mass is 15.4. The summed E-state index contributed by atoms with van der Waals surface area (Å²) >= 11 is 0. The average Bonchev–Trinajstić information content (AvgIpc) is 2.78. The van der Waals surface area contributed by atoms with Crippen molar-refractivity contribution >= 4 is 5.82 Å². The minimum absolute atomic E-state index is 0.600.